The maximum Gasteiger partial charge on any atom is 0.187 e. The number of ether oxygens (including phenoxy) is 6. The topological polar surface area (TPSA) is 223 Å². The molecule has 3 saturated heterocycles. The quantitative estimate of drug-likeness (QED) is 0.103. The molecule has 0 aromatic heterocycles. The van der Waals surface area contributed by atoms with Crippen molar-refractivity contribution >= 4 is 0 Å². The van der Waals surface area contributed by atoms with E-state index in [0.29, 0.717) is 13.0 Å². The zero-order valence-corrected chi connectivity index (χ0v) is 19.4. The fourth-order valence-electron chi connectivity index (χ4n) is 4.35. The highest BCUT2D eigenvalue weighted by molar-refractivity contribution is 4.95. The summed E-state index contributed by atoms with van der Waals surface area (Å²) in [6, 6.07) is 0. The van der Waals surface area contributed by atoms with Gasteiger partial charge in [-0.2, -0.15) is 0 Å². The van der Waals surface area contributed by atoms with Gasteiger partial charge in [-0.15, -0.1) is 0 Å². The summed E-state index contributed by atoms with van der Waals surface area (Å²) in [5, 5.41) is 69.3. The van der Waals surface area contributed by atoms with Crippen LogP contribution < -0.4 is 5.73 Å². The van der Waals surface area contributed by atoms with Crippen molar-refractivity contribution in [3.05, 3.63) is 0 Å². The molecular formula is C21H39NO13. The van der Waals surface area contributed by atoms with E-state index in [2.05, 4.69) is 0 Å². The maximum atomic E-state index is 10.3. The molecule has 35 heavy (non-hydrogen) atoms. The van der Waals surface area contributed by atoms with Crippen molar-refractivity contribution < 1.29 is 64.2 Å². The number of aliphatic hydroxyl groups is 7. The lowest BCUT2D eigenvalue weighted by Crippen LogP contribution is -2.47. The molecule has 0 unspecified atom stereocenters. The smallest absolute Gasteiger partial charge is 0.187 e. The first kappa shape index (κ1) is 29.0. The van der Waals surface area contributed by atoms with E-state index in [9.17, 15) is 35.7 Å². The van der Waals surface area contributed by atoms with Crippen LogP contribution in [0.25, 0.3) is 0 Å². The van der Waals surface area contributed by atoms with Crippen molar-refractivity contribution in [3.63, 3.8) is 0 Å². The first-order chi connectivity index (χ1) is 16.9. The summed E-state index contributed by atoms with van der Waals surface area (Å²) in [5.74, 6) is 0. The first-order valence-electron chi connectivity index (χ1n) is 12.0. The van der Waals surface area contributed by atoms with Crippen LogP contribution in [-0.4, -0.2) is 143 Å². The second kappa shape index (κ2) is 13.8. The minimum absolute atomic E-state index is 0.282. The number of unbranched alkanes of at least 4 members (excludes halogenated alkanes) is 3. The second-order valence-electron chi connectivity index (χ2n) is 8.91. The maximum absolute atomic E-state index is 10.3. The standard InChI is InChI=1S/C21H39NO13/c22-5-3-1-2-4-6-30-21-18(35-20-16(29)14(27)11(8-24)32-20)17(12(9-25)33-21)34-19-15(28)13(26)10(7-23)31-19/h10-21,23-29H,1-9,22H2/t10-,11-,12-,13-,14-,15+,16+,17-,18+,19-,20-,21+/m1/s1. The fourth-order valence-corrected chi connectivity index (χ4v) is 4.35. The molecule has 3 heterocycles. The van der Waals surface area contributed by atoms with E-state index in [1.807, 2.05) is 0 Å². The molecule has 9 N–H and O–H groups in total. The second-order valence-corrected chi connectivity index (χ2v) is 8.91. The summed E-state index contributed by atoms with van der Waals surface area (Å²) < 4.78 is 34.1. The molecule has 3 rings (SSSR count). The Labute approximate surface area is 203 Å². The van der Waals surface area contributed by atoms with Crippen molar-refractivity contribution in [1.29, 1.82) is 0 Å². The van der Waals surface area contributed by atoms with Gasteiger partial charge in [0.15, 0.2) is 18.9 Å². The lowest BCUT2D eigenvalue weighted by atomic mass is 10.1. The molecule has 0 saturated carbocycles. The first-order valence-corrected chi connectivity index (χ1v) is 12.0. The SMILES string of the molecule is NCCCCCCO[C@H]1O[C@H](CO)[C@@H](O[C@H]2O[C@H](CO)[C@@H](O)[C@@H]2O)[C@@H]1O[C@H]1O[C@H](CO)[C@@H](O)[C@@H]1O. The molecule has 14 nitrogen and oxygen atoms in total. The van der Waals surface area contributed by atoms with Gasteiger partial charge in [-0.05, 0) is 19.4 Å². The number of rotatable bonds is 14. The van der Waals surface area contributed by atoms with E-state index in [4.69, 9.17) is 34.2 Å². The molecule has 0 radical (unpaired) electrons. The van der Waals surface area contributed by atoms with E-state index in [0.717, 1.165) is 19.3 Å². The van der Waals surface area contributed by atoms with Gasteiger partial charge in [0.2, 0.25) is 0 Å². The largest absolute Gasteiger partial charge is 0.394 e. The third-order valence-corrected chi connectivity index (χ3v) is 6.41. The highest BCUT2D eigenvalue weighted by Crippen LogP contribution is 2.34. The Bertz CT molecular complexity index is 618. The van der Waals surface area contributed by atoms with Crippen LogP contribution in [0.5, 0.6) is 0 Å². The number of aliphatic hydroxyl groups excluding tert-OH is 7. The van der Waals surface area contributed by atoms with Crippen molar-refractivity contribution in [2.75, 3.05) is 33.0 Å². The zero-order chi connectivity index (χ0) is 25.5. The Morgan fingerprint density at radius 3 is 1.54 bits per heavy atom. The summed E-state index contributed by atoms with van der Waals surface area (Å²) in [6.07, 6.45) is -11.6. The van der Waals surface area contributed by atoms with Crippen molar-refractivity contribution in [1.82, 2.24) is 0 Å². The lowest BCUT2D eigenvalue weighted by Gasteiger charge is -2.30. The monoisotopic (exact) mass is 513 g/mol. The third kappa shape index (κ3) is 6.86. The Kier molecular flexibility index (Phi) is 11.5. The van der Waals surface area contributed by atoms with Gasteiger partial charge in [0.05, 0.1) is 19.8 Å². The van der Waals surface area contributed by atoms with E-state index >= 15 is 0 Å². The van der Waals surface area contributed by atoms with Crippen LogP contribution in [0.3, 0.4) is 0 Å². The van der Waals surface area contributed by atoms with E-state index in [1.54, 1.807) is 0 Å². The molecular weight excluding hydrogens is 474 g/mol. The van der Waals surface area contributed by atoms with Crippen molar-refractivity contribution in [2.45, 2.75) is 99.5 Å². The molecule has 0 aliphatic carbocycles. The summed E-state index contributed by atoms with van der Waals surface area (Å²) in [4.78, 5) is 0. The highest BCUT2D eigenvalue weighted by Gasteiger charge is 2.54. The molecule has 0 aromatic rings. The Morgan fingerprint density at radius 1 is 0.571 bits per heavy atom. The van der Waals surface area contributed by atoms with Crippen molar-refractivity contribution in [2.24, 2.45) is 5.73 Å². The Morgan fingerprint density at radius 2 is 1.06 bits per heavy atom. The molecule has 206 valence electrons. The predicted octanol–water partition coefficient (Wildman–Crippen LogP) is -4.11. The molecule has 0 bridgehead atoms. The fraction of sp³-hybridized carbons (Fsp3) is 1.00. The van der Waals surface area contributed by atoms with E-state index in [-0.39, 0.29) is 6.61 Å². The highest BCUT2D eigenvalue weighted by atomic mass is 16.8. The van der Waals surface area contributed by atoms with Crippen LogP contribution >= 0.6 is 0 Å². The van der Waals surface area contributed by atoms with Crippen LogP contribution in [0.15, 0.2) is 0 Å². The molecule has 0 amide bonds. The third-order valence-electron chi connectivity index (χ3n) is 6.41. The summed E-state index contributed by atoms with van der Waals surface area (Å²) in [5.41, 5.74) is 5.50. The van der Waals surface area contributed by atoms with Crippen LogP contribution in [-0.2, 0) is 28.4 Å². The van der Waals surface area contributed by atoms with Gasteiger partial charge < -0.3 is 69.9 Å². The number of hydrogen-bond acceptors (Lipinski definition) is 14. The zero-order valence-electron chi connectivity index (χ0n) is 19.4. The van der Waals surface area contributed by atoms with Crippen LogP contribution in [0.4, 0.5) is 0 Å². The van der Waals surface area contributed by atoms with Gasteiger partial charge in [0.25, 0.3) is 0 Å². The summed E-state index contributed by atoms with van der Waals surface area (Å²) in [6.45, 7) is -0.745. The summed E-state index contributed by atoms with van der Waals surface area (Å²) in [7, 11) is 0. The van der Waals surface area contributed by atoms with E-state index < -0.39 is 93.6 Å². The van der Waals surface area contributed by atoms with Crippen molar-refractivity contribution in [3.8, 4) is 0 Å². The van der Waals surface area contributed by atoms with Gasteiger partial charge in [-0.25, -0.2) is 0 Å². The van der Waals surface area contributed by atoms with Crippen LogP contribution in [0, 0.1) is 0 Å². The number of hydrogen-bond donors (Lipinski definition) is 8. The van der Waals surface area contributed by atoms with Gasteiger partial charge in [0, 0.05) is 6.61 Å². The predicted molar refractivity (Wildman–Crippen MR) is 114 cm³/mol. The minimum Gasteiger partial charge on any atom is -0.394 e. The normalized spacial score (nSPS) is 43.9. The van der Waals surface area contributed by atoms with Gasteiger partial charge >= 0.3 is 0 Å². The average molecular weight is 514 g/mol. The van der Waals surface area contributed by atoms with Crippen LogP contribution in [0.1, 0.15) is 25.7 Å². The Hall–Kier alpha value is -0.560. The molecule has 14 heteroatoms. The van der Waals surface area contributed by atoms with Gasteiger partial charge in [0.1, 0.15) is 54.9 Å². The minimum atomic E-state index is -1.50. The molecule has 0 aromatic carbocycles. The van der Waals surface area contributed by atoms with Gasteiger partial charge in [-0.1, -0.05) is 12.8 Å². The molecule has 3 fully saturated rings. The molecule has 3 aliphatic rings. The molecule has 0 spiro atoms. The Balaban J connectivity index is 1.71. The van der Waals surface area contributed by atoms with E-state index in [1.165, 1.54) is 0 Å². The molecule has 12 atom stereocenters. The average Bonchev–Trinajstić information content (AvgIpc) is 3.44. The van der Waals surface area contributed by atoms with Crippen LogP contribution in [0.2, 0.25) is 0 Å². The molecule has 3 aliphatic heterocycles. The number of nitrogens with two attached hydrogens (primary N) is 1. The summed E-state index contributed by atoms with van der Waals surface area (Å²) >= 11 is 0. The van der Waals surface area contributed by atoms with Gasteiger partial charge in [-0.3, -0.25) is 0 Å². The lowest BCUT2D eigenvalue weighted by molar-refractivity contribution is -0.264.